The molecule has 0 aliphatic heterocycles. The smallest absolute Gasteiger partial charge is 0.261 e. The highest BCUT2D eigenvalue weighted by Gasteiger charge is 2.51. The van der Waals surface area contributed by atoms with Gasteiger partial charge in [0.2, 0.25) is 0 Å². The molecule has 2 aromatic rings. The highest BCUT2D eigenvalue weighted by molar-refractivity contribution is 6.99. The van der Waals surface area contributed by atoms with Gasteiger partial charge in [-0.25, -0.2) is 0 Å². The number of hydrogen-bond donors (Lipinski definition) is 2. The predicted octanol–water partition coefficient (Wildman–Crippen LogP) is 8.76. The standard InChI is InChI=1S/C42H70O5Si2/c1-31(22-21-23-34(4)45-12)28-38(39(44)32(2)29-43)35(5)40(47-48(13,14)41(6,7)8)33(3)30-46-49(42(9,10)11,36-24-17-15-18-25-36)37-26-19-16-20-27-37/h15-27,32-35,38-40,43-44H,28-30H2,1-14H3/b23-21+,31-22-/t32-,33+,34-,35-,38-,39+,40+/m0/s1. The maximum absolute atomic E-state index is 11.8. The Hall–Kier alpha value is -1.85. The van der Waals surface area contributed by atoms with Crippen molar-refractivity contribution in [3.05, 3.63) is 84.5 Å². The Balaban J connectivity index is 2.66. The summed E-state index contributed by atoms with van der Waals surface area (Å²) < 4.78 is 20.3. The molecular formula is C42H70O5Si2. The lowest BCUT2D eigenvalue weighted by Gasteiger charge is -2.47. The molecule has 0 spiro atoms. The molecule has 0 fully saturated rings. The van der Waals surface area contributed by atoms with E-state index in [2.05, 4.69) is 142 Å². The molecule has 0 aliphatic carbocycles. The van der Waals surface area contributed by atoms with Crippen molar-refractivity contribution < 1.29 is 23.8 Å². The monoisotopic (exact) mass is 710 g/mol. The third kappa shape index (κ3) is 11.3. The quantitative estimate of drug-likeness (QED) is 0.120. The van der Waals surface area contributed by atoms with Crippen molar-refractivity contribution in [2.75, 3.05) is 20.3 Å². The molecule has 2 N–H and O–H groups in total. The molecule has 0 bridgehead atoms. The summed E-state index contributed by atoms with van der Waals surface area (Å²) in [5, 5.41) is 24.4. The SMILES string of the molecule is CO[C@@H](C)/C=C/C=C(/C)C[C@@H]([C@H](C)[C@H](O[Si](C)(C)C(C)(C)C)[C@H](C)CO[Si](c1ccccc1)(c1ccccc1)C(C)(C)C)[C@H](O)[C@@H](C)CO. The molecule has 0 saturated carbocycles. The van der Waals surface area contributed by atoms with E-state index >= 15 is 0 Å². The zero-order valence-electron chi connectivity index (χ0n) is 33.3. The maximum atomic E-state index is 11.8. The number of allylic oxidation sites excluding steroid dienone is 3. The highest BCUT2D eigenvalue weighted by atomic mass is 28.4. The highest BCUT2D eigenvalue weighted by Crippen LogP contribution is 2.43. The van der Waals surface area contributed by atoms with Crippen LogP contribution in [-0.2, 0) is 13.6 Å². The molecule has 0 saturated heterocycles. The molecule has 0 aromatic heterocycles. The third-order valence-electron chi connectivity index (χ3n) is 11.0. The Morgan fingerprint density at radius 2 is 1.33 bits per heavy atom. The van der Waals surface area contributed by atoms with Crippen LogP contribution in [0.4, 0.5) is 0 Å². The Labute approximate surface area is 302 Å². The normalized spacial score (nSPS) is 18.2. The molecule has 5 nitrogen and oxygen atoms in total. The molecule has 0 heterocycles. The Morgan fingerprint density at radius 1 is 0.816 bits per heavy atom. The number of aliphatic hydroxyl groups is 2. The summed E-state index contributed by atoms with van der Waals surface area (Å²) >= 11 is 0. The summed E-state index contributed by atoms with van der Waals surface area (Å²) in [7, 11) is -3.30. The van der Waals surface area contributed by atoms with E-state index in [1.807, 2.05) is 26.0 Å². The lowest BCUT2D eigenvalue weighted by atomic mass is 9.75. The van der Waals surface area contributed by atoms with Crippen molar-refractivity contribution in [2.24, 2.45) is 23.7 Å². The van der Waals surface area contributed by atoms with E-state index < -0.39 is 22.7 Å². The van der Waals surface area contributed by atoms with Crippen molar-refractivity contribution in [3.8, 4) is 0 Å². The minimum Gasteiger partial charge on any atom is -0.413 e. The summed E-state index contributed by atoms with van der Waals surface area (Å²) in [5.41, 5.74) is 1.17. The number of benzene rings is 2. The van der Waals surface area contributed by atoms with Gasteiger partial charge in [-0.15, -0.1) is 0 Å². The van der Waals surface area contributed by atoms with Gasteiger partial charge in [0.15, 0.2) is 8.32 Å². The Bertz CT molecular complexity index is 1260. The van der Waals surface area contributed by atoms with E-state index in [1.54, 1.807) is 7.11 Å². The van der Waals surface area contributed by atoms with Crippen LogP contribution in [0.15, 0.2) is 84.5 Å². The first kappa shape index (κ1) is 43.3. The summed E-state index contributed by atoms with van der Waals surface area (Å²) in [5.74, 6) is -0.365. The molecule has 276 valence electrons. The van der Waals surface area contributed by atoms with E-state index in [4.69, 9.17) is 13.6 Å². The maximum Gasteiger partial charge on any atom is 0.261 e. The first-order valence-electron chi connectivity index (χ1n) is 18.3. The average molecular weight is 711 g/mol. The predicted molar refractivity (Wildman–Crippen MR) is 214 cm³/mol. The molecule has 7 atom stereocenters. The fourth-order valence-corrected chi connectivity index (χ4v) is 12.8. The second-order valence-electron chi connectivity index (χ2n) is 17.0. The van der Waals surface area contributed by atoms with Crippen LogP contribution in [0.2, 0.25) is 23.2 Å². The van der Waals surface area contributed by atoms with Gasteiger partial charge < -0.3 is 23.8 Å². The van der Waals surface area contributed by atoms with Crippen LogP contribution in [0.5, 0.6) is 0 Å². The van der Waals surface area contributed by atoms with Crippen molar-refractivity contribution in [1.82, 2.24) is 0 Å². The Kier molecular flexibility index (Phi) is 16.4. The minimum atomic E-state index is -2.77. The molecule has 7 heteroatoms. The lowest BCUT2D eigenvalue weighted by Crippen LogP contribution is -2.67. The van der Waals surface area contributed by atoms with E-state index in [9.17, 15) is 10.2 Å². The summed E-state index contributed by atoms with van der Waals surface area (Å²) in [6.45, 7) is 29.5. The largest absolute Gasteiger partial charge is 0.413 e. The van der Waals surface area contributed by atoms with E-state index in [0.717, 1.165) is 0 Å². The second kappa shape index (κ2) is 18.6. The molecule has 0 amide bonds. The van der Waals surface area contributed by atoms with Gasteiger partial charge in [-0.2, -0.15) is 0 Å². The van der Waals surface area contributed by atoms with Crippen molar-refractivity contribution >= 4 is 27.0 Å². The van der Waals surface area contributed by atoms with Gasteiger partial charge >= 0.3 is 0 Å². The summed E-state index contributed by atoms with van der Waals surface area (Å²) in [4.78, 5) is 0. The molecule has 0 unspecified atom stereocenters. The van der Waals surface area contributed by atoms with Crippen LogP contribution in [0.1, 0.15) is 82.6 Å². The fourth-order valence-electron chi connectivity index (χ4n) is 6.66. The van der Waals surface area contributed by atoms with Gasteiger partial charge in [0, 0.05) is 32.2 Å². The van der Waals surface area contributed by atoms with Crippen molar-refractivity contribution in [1.29, 1.82) is 0 Å². The van der Waals surface area contributed by atoms with Gasteiger partial charge in [0.1, 0.15) is 0 Å². The van der Waals surface area contributed by atoms with Crippen LogP contribution >= 0.6 is 0 Å². The number of rotatable bonds is 18. The summed E-state index contributed by atoms with van der Waals surface area (Å²) in [6.07, 6.45) is 6.04. The zero-order chi connectivity index (χ0) is 37.2. The molecule has 0 aliphatic rings. The van der Waals surface area contributed by atoms with Gasteiger partial charge in [0.25, 0.3) is 8.32 Å². The van der Waals surface area contributed by atoms with Crippen LogP contribution in [-0.4, -0.2) is 65.5 Å². The van der Waals surface area contributed by atoms with Crippen molar-refractivity contribution in [3.63, 3.8) is 0 Å². The number of aliphatic hydroxyl groups excluding tert-OH is 2. The lowest BCUT2D eigenvalue weighted by molar-refractivity contribution is -0.0378. The van der Waals surface area contributed by atoms with Gasteiger partial charge in [-0.05, 0) is 65.6 Å². The molecule has 0 radical (unpaired) electrons. The van der Waals surface area contributed by atoms with Crippen LogP contribution in [0, 0.1) is 23.7 Å². The number of ether oxygens (including phenoxy) is 1. The number of hydrogen-bond acceptors (Lipinski definition) is 5. The molecule has 2 aromatic carbocycles. The first-order valence-corrected chi connectivity index (χ1v) is 23.1. The minimum absolute atomic E-state index is 0.00863. The van der Waals surface area contributed by atoms with Gasteiger partial charge in [-0.3, -0.25) is 0 Å². The van der Waals surface area contributed by atoms with Gasteiger partial charge in [0.05, 0.1) is 18.3 Å². The number of methoxy groups -OCH3 is 1. The van der Waals surface area contributed by atoms with Crippen LogP contribution in [0.3, 0.4) is 0 Å². The van der Waals surface area contributed by atoms with E-state index in [1.165, 1.54) is 15.9 Å². The second-order valence-corrected chi connectivity index (χ2v) is 26.1. The molecule has 49 heavy (non-hydrogen) atoms. The van der Waals surface area contributed by atoms with Crippen LogP contribution < -0.4 is 10.4 Å². The molecule has 2 rings (SSSR count). The van der Waals surface area contributed by atoms with Crippen molar-refractivity contribution in [2.45, 2.75) is 124 Å². The first-order chi connectivity index (χ1) is 22.7. The third-order valence-corrected chi connectivity index (χ3v) is 20.5. The zero-order valence-corrected chi connectivity index (χ0v) is 35.3. The topological polar surface area (TPSA) is 68.2 Å². The summed E-state index contributed by atoms with van der Waals surface area (Å²) in [6, 6.07) is 21.6. The van der Waals surface area contributed by atoms with E-state index in [0.29, 0.717) is 13.0 Å². The van der Waals surface area contributed by atoms with Crippen LogP contribution in [0.25, 0.3) is 0 Å². The van der Waals surface area contributed by atoms with Gasteiger partial charge in [-0.1, -0.05) is 147 Å². The fraction of sp³-hybridized carbons (Fsp3) is 0.619. The average Bonchev–Trinajstić information content (AvgIpc) is 3.05. The molecular weight excluding hydrogens is 641 g/mol. The Morgan fingerprint density at radius 3 is 1.76 bits per heavy atom. The van der Waals surface area contributed by atoms with E-state index in [-0.39, 0.29) is 52.6 Å².